The normalized spacial score (nSPS) is 10.3. The SMILES string of the molecule is Cc1c(N)cnc(Nc2ccsc2)c1Br. The number of aromatic nitrogens is 1. The molecule has 0 spiro atoms. The lowest BCUT2D eigenvalue weighted by Gasteiger charge is -2.09. The second-order valence-corrected chi connectivity index (χ2v) is 4.71. The lowest BCUT2D eigenvalue weighted by atomic mass is 10.2. The molecule has 0 radical (unpaired) electrons. The summed E-state index contributed by atoms with van der Waals surface area (Å²) in [6.45, 7) is 1.96. The molecule has 3 N–H and O–H groups in total. The van der Waals surface area contributed by atoms with Gasteiger partial charge in [-0.05, 0) is 39.9 Å². The van der Waals surface area contributed by atoms with Gasteiger partial charge in [0, 0.05) is 5.38 Å². The van der Waals surface area contributed by atoms with Gasteiger partial charge in [0.15, 0.2) is 0 Å². The zero-order valence-electron chi connectivity index (χ0n) is 8.12. The fourth-order valence-electron chi connectivity index (χ4n) is 1.15. The summed E-state index contributed by atoms with van der Waals surface area (Å²) in [6.07, 6.45) is 1.66. The first-order valence-electron chi connectivity index (χ1n) is 4.38. The number of pyridine rings is 1. The van der Waals surface area contributed by atoms with Crippen LogP contribution in [-0.4, -0.2) is 4.98 Å². The van der Waals surface area contributed by atoms with Crippen LogP contribution in [0.15, 0.2) is 27.5 Å². The summed E-state index contributed by atoms with van der Waals surface area (Å²) < 4.78 is 0.911. The number of halogens is 1. The predicted octanol–water partition coefficient (Wildman–Crippen LogP) is 3.54. The fourth-order valence-corrected chi connectivity index (χ4v) is 2.17. The van der Waals surface area contributed by atoms with E-state index in [2.05, 4.69) is 26.2 Å². The van der Waals surface area contributed by atoms with Crippen LogP contribution in [0.25, 0.3) is 0 Å². The number of nitrogen functional groups attached to an aromatic ring is 1. The number of nitrogens with zero attached hydrogens (tertiary/aromatic N) is 1. The standard InChI is InChI=1S/C10H10BrN3S/c1-6-8(12)4-13-10(9(6)11)14-7-2-3-15-5-7/h2-5H,12H2,1H3,(H,13,14). The van der Waals surface area contributed by atoms with Crippen molar-refractivity contribution in [1.29, 1.82) is 0 Å². The molecular formula is C10H10BrN3S. The van der Waals surface area contributed by atoms with Crippen LogP contribution >= 0.6 is 27.3 Å². The van der Waals surface area contributed by atoms with Crippen LogP contribution in [0.3, 0.4) is 0 Å². The van der Waals surface area contributed by atoms with Crippen molar-refractivity contribution in [3.8, 4) is 0 Å². The minimum atomic E-state index is 0.692. The minimum absolute atomic E-state index is 0.692. The van der Waals surface area contributed by atoms with E-state index in [0.717, 1.165) is 21.5 Å². The quantitative estimate of drug-likeness (QED) is 0.886. The van der Waals surface area contributed by atoms with Crippen molar-refractivity contribution in [3.05, 3.63) is 33.1 Å². The van der Waals surface area contributed by atoms with Crippen LogP contribution in [0.4, 0.5) is 17.2 Å². The van der Waals surface area contributed by atoms with Gasteiger partial charge in [-0.15, -0.1) is 0 Å². The van der Waals surface area contributed by atoms with Gasteiger partial charge >= 0.3 is 0 Å². The number of anilines is 3. The van der Waals surface area contributed by atoms with E-state index < -0.39 is 0 Å². The van der Waals surface area contributed by atoms with Crippen molar-refractivity contribution < 1.29 is 0 Å². The maximum absolute atomic E-state index is 5.74. The van der Waals surface area contributed by atoms with E-state index in [4.69, 9.17) is 5.73 Å². The highest BCUT2D eigenvalue weighted by molar-refractivity contribution is 9.10. The van der Waals surface area contributed by atoms with Crippen molar-refractivity contribution in [3.63, 3.8) is 0 Å². The molecule has 15 heavy (non-hydrogen) atoms. The first kappa shape index (κ1) is 10.4. The highest BCUT2D eigenvalue weighted by Gasteiger charge is 2.07. The number of rotatable bonds is 2. The third kappa shape index (κ3) is 2.13. The average molecular weight is 284 g/mol. The van der Waals surface area contributed by atoms with E-state index in [1.807, 2.05) is 23.8 Å². The monoisotopic (exact) mass is 283 g/mol. The van der Waals surface area contributed by atoms with E-state index in [-0.39, 0.29) is 0 Å². The summed E-state index contributed by atoms with van der Waals surface area (Å²) in [5.74, 6) is 0.792. The van der Waals surface area contributed by atoms with Crippen molar-refractivity contribution in [2.45, 2.75) is 6.92 Å². The molecule has 0 bridgehead atoms. The minimum Gasteiger partial charge on any atom is -0.397 e. The molecule has 78 valence electrons. The third-order valence-corrected chi connectivity index (χ3v) is 3.74. The Bertz CT molecular complexity index is 468. The second-order valence-electron chi connectivity index (χ2n) is 3.14. The van der Waals surface area contributed by atoms with Gasteiger partial charge in [0.1, 0.15) is 5.82 Å². The van der Waals surface area contributed by atoms with Crippen LogP contribution in [0.5, 0.6) is 0 Å². The van der Waals surface area contributed by atoms with Crippen molar-refractivity contribution >= 4 is 44.5 Å². The molecule has 0 fully saturated rings. The summed E-state index contributed by atoms with van der Waals surface area (Å²) in [4.78, 5) is 4.24. The second kappa shape index (κ2) is 4.20. The van der Waals surface area contributed by atoms with E-state index in [0.29, 0.717) is 5.69 Å². The van der Waals surface area contributed by atoms with Gasteiger partial charge < -0.3 is 11.1 Å². The topological polar surface area (TPSA) is 50.9 Å². The van der Waals surface area contributed by atoms with Crippen LogP contribution in [-0.2, 0) is 0 Å². The predicted molar refractivity (Wildman–Crippen MR) is 68.7 cm³/mol. The number of thiophene rings is 1. The molecule has 5 heteroatoms. The Labute approximate surface area is 100 Å². The van der Waals surface area contributed by atoms with Crippen LogP contribution < -0.4 is 11.1 Å². The highest BCUT2D eigenvalue weighted by Crippen LogP contribution is 2.30. The van der Waals surface area contributed by atoms with Gasteiger partial charge in [0.05, 0.1) is 22.0 Å². The zero-order chi connectivity index (χ0) is 10.8. The van der Waals surface area contributed by atoms with Gasteiger partial charge in [-0.1, -0.05) is 0 Å². The van der Waals surface area contributed by atoms with Gasteiger partial charge in [0.2, 0.25) is 0 Å². The molecule has 0 atom stereocenters. The molecule has 0 aliphatic rings. The summed E-state index contributed by atoms with van der Waals surface area (Å²) in [6, 6.07) is 2.00. The Balaban J connectivity index is 2.34. The highest BCUT2D eigenvalue weighted by atomic mass is 79.9. The smallest absolute Gasteiger partial charge is 0.145 e. The van der Waals surface area contributed by atoms with Crippen LogP contribution in [0.2, 0.25) is 0 Å². The summed E-state index contributed by atoms with van der Waals surface area (Å²) in [5, 5.41) is 7.26. The molecule has 2 aromatic rings. The van der Waals surface area contributed by atoms with E-state index in [1.54, 1.807) is 17.5 Å². The van der Waals surface area contributed by atoms with Gasteiger partial charge in [-0.3, -0.25) is 0 Å². The van der Waals surface area contributed by atoms with Crippen molar-refractivity contribution in [2.24, 2.45) is 0 Å². The molecule has 0 aromatic carbocycles. The Hall–Kier alpha value is -1.07. The molecule has 2 heterocycles. The summed E-state index contributed by atoms with van der Waals surface area (Å²) in [5.41, 5.74) is 8.48. The maximum atomic E-state index is 5.74. The molecule has 3 nitrogen and oxygen atoms in total. The largest absolute Gasteiger partial charge is 0.397 e. The lowest BCUT2D eigenvalue weighted by molar-refractivity contribution is 1.26. The summed E-state index contributed by atoms with van der Waals surface area (Å²) in [7, 11) is 0. The lowest BCUT2D eigenvalue weighted by Crippen LogP contribution is -1.98. The molecule has 2 aromatic heterocycles. The van der Waals surface area contributed by atoms with E-state index in [9.17, 15) is 0 Å². The Kier molecular flexibility index (Phi) is 2.93. The third-order valence-electron chi connectivity index (χ3n) is 2.09. The number of hydrogen-bond acceptors (Lipinski definition) is 4. The van der Waals surface area contributed by atoms with Gasteiger partial charge in [0.25, 0.3) is 0 Å². The number of hydrogen-bond donors (Lipinski definition) is 2. The fraction of sp³-hybridized carbons (Fsp3) is 0.100. The van der Waals surface area contributed by atoms with Gasteiger partial charge in [-0.25, -0.2) is 4.98 Å². The molecule has 2 rings (SSSR count). The number of nitrogens with two attached hydrogens (primary N) is 1. The average Bonchev–Trinajstić information content (AvgIpc) is 2.72. The van der Waals surface area contributed by atoms with Crippen molar-refractivity contribution in [1.82, 2.24) is 4.98 Å². The first-order valence-corrected chi connectivity index (χ1v) is 6.12. The molecular weight excluding hydrogens is 274 g/mol. The molecule has 0 saturated heterocycles. The van der Waals surface area contributed by atoms with Gasteiger partial charge in [-0.2, -0.15) is 11.3 Å². The Morgan fingerprint density at radius 3 is 3.00 bits per heavy atom. The van der Waals surface area contributed by atoms with Crippen LogP contribution in [0, 0.1) is 6.92 Å². The molecule has 0 amide bonds. The Morgan fingerprint density at radius 1 is 1.53 bits per heavy atom. The molecule has 0 aliphatic heterocycles. The first-order chi connectivity index (χ1) is 7.18. The van der Waals surface area contributed by atoms with Crippen molar-refractivity contribution in [2.75, 3.05) is 11.1 Å². The molecule has 0 aliphatic carbocycles. The zero-order valence-corrected chi connectivity index (χ0v) is 10.5. The maximum Gasteiger partial charge on any atom is 0.145 e. The summed E-state index contributed by atoms with van der Waals surface area (Å²) >= 11 is 5.12. The van der Waals surface area contributed by atoms with E-state index in [1.165, 1.54) is 0 Å². The molecule has 0 saturated carbocycles. The van der Waals surface area contributed by atoms with Crippen LogP contribution in [0.1, 0.15) is 5.56 Å². The Morgan fingerprint density at radius 2 is 2.33 bits per heavy atom. The van der Waals surface area contributed by atoms with E-state index >= 15 is 0 Å². The molecule has 0 unspecified atom stereocenters. The number of nitrogens with one attached hydrogen (secondary N) is 1.